The maximum absolute atomic E-state index is 6.08. The highest BCUT2D eigenvalue weighted by atomic mass is 127. The highest BCUT2D eigenvalue weighted by molar-refractivity contribution is 14.0. The van der Waals surface area contributed by atoms with Gasteiger partial charge in [0.1, 0.15) is 12.3 Å². The maximum Gasteiger partial charge on any atom is 0.216 e. The molecule has 1 heterocycles. The van der Waals surface area contributed by atoms with Crippen LogP contribution in [0.2, 0.25) is 5.02 Å². The van der Waals surface area contributed by atoms with Crippen LogP contribution in [0.3, 0.4) is 0 Å². The van der Waals surface area contributed by atoms with Gasteiger partial charge in [-0.15, -0.1) is 24.0 Å². The first-order valence-electron chi connectivity index (χ1n) is 9.09. The molecule has 28 heavy (non-hydrogen) atoms. The number of ether oxygens (including phenoxy) is 1. The van der Waals surface area contributed by atoms with Crippen molar-refractivity contribution in [3.8, 4) is 0 Å². The molecule has 8 heteroatoms. The van der Waals surface area contributed by atoms with Gasteiger partial charge in [-0.1, -0.05) is 44.5 Å². The van der Waals surface area contributed by atoms with Crippen LogP contribution in [0.25, 0.3) is 0 Å². The van der Waals surface area contributed by atoms with Crippen LogP contribution >= 0.6 is 35.6 Å². The fourth-order valence-corrected chi connectivity index (χ4v) is 2.65. The van der Waals surface area contributed by atoms with Gasteiger partial charge in [-0.2, -0.15) is 0 Å². The van der Waals surface area contributed by atoms with E-state index in [2.05, 4.69) is 41.4 Å². The molecule has 1 unspecified atom stereocenters. The molecule has 1 aromatic carbocycles. The molecular formula is C20H30ClIN4O2. The minimum Gasteiger partial charge on any atom is -0.443 e. The first-order chi connectivity index (χ1) is 12.8. The molecule has 0 radical (unpaired) electrons. The zero-order chi connectivity index (χ0) is 19.9. The number of guanidine groups is 1. The molecule has 156 valence electrons. The summed E-state index contributed by atoms with van der Waals surface area (Å²) >= 11 is 6.08. The van der Waals surface area contributed by atoms with E-state index in [0.717, 1.165) is 17.9 Å². The Hall–Kier alpha value is -1.32. The smallest absolute Gasteiger partial charge is 0.216 e. The summed E-state index contributed by atoms with van der Waals surface area (Å²) in [5, 5.41) is 7.21. The molecular weight excluding hydrogens is 491 g/mol. The second-order valence-corrected chi connectivity index (χ2v) is 7.66. The summed E-state index contributed by atoms with van der Waals surface area (Å²) < 4.78 is 11.4. The standard InChI is InChI=1S/C20H29ClN4O2.HI/c1-6-22-19(25-13-18-23-12-17(27-18)20(2,3)4)24-11-16(26-5)14-8-7-9-15(21)10-14;/h7-10,12,16H,6,11,13H2,1-5H3,(H2,22,24,25);1H. The number of benzene rings is 1. The van der Waals surface area contributed by atoms with Crippen LogP contribution in [0.5, 0.6) is 0 Å². The van der Waals surface area contributed by atoms with Crippen molar-refractivity contribution in [3.05, 3.63) is 52.7 Å². The van der Waals surface area contributed by atoms with Gasteiger partial charge in [0.15, 0.2) is 5.96 Å². The van der Waals surface area contributed by atoms with Gasteiger partial charge in [0.2, 0.25) is 5.89 Å². The lowest BCUT2D eigenvalue weighted by atomic mass is 9.94. The van der Waals surface area contributed by atoms with Crippen molar-refractivity contribution in [2.45, 2.75) is 45.8 Å². The van der Waals surface area contributed by atoms with Gasteiger partial charge >= 0.3 is 0 Å². The molecule has 0 saturated carbocycles. The van der Waals surface area contributed by atoms with E-state index in [1.807, 2.05) is 31.2 Å². The van der Waals surface area contributed by atoms with E-state index >= 15 is 0 Å². The number of oxazole rings is 1. The molecule has 0 bridgehead atoms. The number of methoxy groups -OCH3 is 1. The molecule has 0 spiro atoms. The lowest BCUT2D eigenvalue weighted by Gasteiger charge is -2.18. The van der Waals surface area contributed by atoms with Crippen molar-refractivity contribution in [2.24, 2.45) is 4.99 Å². The molecule has 2 rings (SSSR count). The van der Waals surface area contributed by atoms with Crippen molar-refractivity contribution in [3.63, 3.8) is 0 Å². The molecule has 0 amide bonds. The lowest BCUT2D eigenvalue weighted by molar-refractivity contribution is 0.106. The number of rotatable bonds is 7. The van der Waals surface area contributed by atoms with E-state index in [1.165, 1.54) is 0 Å². The van der Waals surface area contributed by atoms with Crippen molar-refractivity contribution >= 4 is 41.5 Å². The van der Waals surface area contributed by atoms with Crippen LogP contribution in [0.1, 0.15) is 51.0 Å². The third-order valence-electron chi connectivity index (χ3n) is 3.97. The second kappa shape index (κ2) is 11.6. The zero-order valence-corrected chi connectivity index (χ0v) is 20.2. The van der Waals surface area contributed by atoms with Gasteiger partial charge in [0.05, 0.1) is 12.3 Å². The molecule has 1 aromatic heterocycles. The summed E-state index contributed by atoms with van der Waals surface area (Å²) in [6.45, 7) is 9.96. The van der Waals surface area contributed by atoms with Gasteiger partial charge in [0, 0.05) is 30.6 Å². The number of nitrogens with zero attached hydrogens (tertiary/aromatic N) is 2. The summed E-state index contributed by atoms with van der Waals surface area (Å²) in [6.07, 6.45) is 1.63. The number of aromatic nitrogens is 1. The van der Waals surface area contributed by atoms with Crippen LogP contribution < -0.4 is 10.6 Å². The van der Waals surface area contributed by atoms with E-state index in [-0.39, 0.29) is 35.5 Å². The van der Waals surface area contributed by atoms with Crippen LogP contribution in [-0.4, -0.2) is 31.1 Å². The van der Waals surface area contributed by atoms with Crippen LogP contribution in [0, 0.1) is 0 Å². The number of hydrogen-bond acceptors (Lipinski definition) is 4. The Morgan fingerprint density at radius 1 is 1.32 bits per heavy atom. The SMILES string of the molecule is CCNC(=NCc1ncc(C(C)(C)C)o1)NCC(OC)c1cccc(Cl)c1.I. The molecule has 0 fully saturated rings. The first-order valence-corrected chi connectivity index (χ1v) is 9.47. The lowest BCUT2D eigenvalue weighted by Crippen LogP contribution is -2.39. The normalized spacial score (nSPS) is 13.0. The molecule has 6 nitrogen and oxygen atoms in total. The number of halogens is 2. The molecule has 2 aromatic rings. The number of nitrogens with one attached hydrogen (secondary N) is 2. The predicted octanol–water partition coefficient (Wildman–Crippen LogP) is 4.69. The van der Waals surface area contributed by atoms with Gasteiger partial charge in [-0.3, -0.25) is 0 Å². The van der Waals surface area contributed by atoms with Crippen molar-refractivity contribution in [2.75, 3.05) is 20.2 Å². The quantitative estimate of drug-likeness (QED) is 0.315. The fraction of sp³-hybridized carbons (Fsp3) is 0.500. The van der Waals surface area contributed by atoms with Crippen LogP contribution in [0.15, 0.2) is 39.9 Å². The molecule has 0 aliphatic carbocycles. The average molecular weight is 521 g/mol. The van der Waals surface area contributed by atoms with E-state index in [4.69, 9.17) is 20.8 Å². The Morgan fingerprint density at radius 2 is 2.07 bits per heavy atom. The third-order valence-corrected chi connectivity index (χ3v) is 4.20. The monoisotopic (exact) mass is 520 g/mol. The maximum atomic E-state index is 6.08. The summed E-state index contributed by atoms with van der Waals surface area (Å²) in [5.41, 5.74) is 0.941. The molecule has 0 aliphatic rings. The summed E-state index contributed by atoms with van der Waals surface area (Å²) in [4.78, 5) is 8.87. The molecule has 0 saturated heterocycles. The summed E-state index contributed by atoms with van der Waals surface area (Å²) in [7, 11) is 1.68. The molecule has 0 aliphatic heterocycles. The molecule has 2 N–H and O–H groups in total. The Labute approximate surface area is 189 Å². The third kappa shape index (κ3) is 7.60. The highest BCUT2D eigenvalue weighted by Crippen LogP contribution is 2.23. The number of aliphatic imine (C=N–C) groups is 1. The highest BCUT2D eigenvalue weighted by Gasteiger charge is 2.19. The Morgan fingerprint density at radius 3 is 2.64 bits per heavy atom. The van der Waals surface area contributed by atoms with E-state index in [0.29, 0.717) is 30.0 Å². The van der Waals surface area contributed by atoms with Crippen molar-refractivity contribution in [1.82, 2.24) is 15.6 Å². The van der Waals surface area contributed by atoms with Gasteiger partial charge < -0.3 is 19.8 Å². The predicted molar refractivity (Wildman–Crippen MR) is 125 cm³/mol. The second-order valence-electron chi connectivity index (χ2n) is 7.22. The van der Waals surface area contributed by atoms with Gasteiger partial charge in [-0.25, -0.2) is 9.98 Å². The Balaban J connectivity index is 0.00000392. The van der Waals surface area contributed by atoms with E-state index in [1.54, 1.807) is 13.3 Å². The zero-order valence-electron chi connectivity index (χ0n) is 17.1. The Bertz CT molecular complexity index is 759. The van der Waals surface area contributed by atoms with E-state index < -0.39 is 0 Å². The van der Waals surface area contributed by atoms with Crippen molar-refractivity contribution in [1.29, 1.82) is 0 Å². The number of hydrogen-bond donors (Lipinski definition) is 2. The Kier molecular flexibility index (Phi) is 10.3. The largest absolute Gasteiger partial charge is 0.443 e. The summed E-state index contributed by atoms with van der Waals surface area (Å²) in [5.74, 6) is 2.12. The minimum absolute atomic E-state index is 0. The van der Waals surface area contributed by atoms with E-state index in [9.17, 15) is 0 Å². The van der Waals surface area contributed by atoms with Gasteiger partial charge in [-0.05, 0) is 24.6 Å². The van der Waals surface area contributed by atoms with Crippen molar-refractivity contribution < 1.29 is 9.15 Å². The van der Waals surface area contributed by atoms with Crippen LogP contribution in [0.4, 0.5) is 0 Å². The topological polar surface area (TPSA) is 71.7 Å². The van der Waals surface area contributed by atoms with Crippen LogP contribution in [-0.2, 0) is 16.7 Å². The first kappa shape index (κ1) is 24.7. The average Bonchev–Trinajstić information content (AvgIpc) is 3.09. The minimum atomic E-state index is -0.137. The molecule has 1 atom stereocenters. The summed E-state index contributed by atoms with van der Waals surface area (Å²) in [6, 6.07) is 7.66. The fourth-order valence-electron chi connectivity index (χ4n) is 2.45. The van der Waals surface area contributed by atoms with Gasteiger partial charge in [0.25, 0.3) is 0 Å².